The van der Waals surface area contributed by atoms with Gasteiger partial charge in [0.25, 0.3) is 0 Å². The van der Waals surface area contributed by atoms with Gasteiger partial charge in [-0.05, 0) is 32.4 Å². The van der Waals surface area contributed by atoms with Crippen LogP contribution >= 0.6 is 11.6 Å². The molecule has 4 nitrogen and oxygen atoms in total. The van der Waals surface area contributed by atoms with Crippen molar-refractivity contribution in [3.05, 3.63) is 22.7 Å². The number of hydrogen-bond acceptors (Lipinski definition) is 4. The van der Waals surface area contributed by atoms with Crippen LogP contribution in [0, 0.1) is 0 Å². The Labute approximate surface area is 118 Å². The van der Waals surface area contributed by atoms with Gasteiger partial charge in [-0.25, -0.2) is 0 Å². The fourth-order valence-corrected chi connectivity index (χ4v) is 2.43. The molecule has 0 aromatic heterocycles. The molecule has 2 rings (SSSR count). The predicted octanol–water partition coefficient (Wildman–Crippen LogP) is 1.66. The number of fused-ring (bicyclic) bond motifs is 1. The van der Waals surface area contributed by atoms with Gasteiger partial charge in [0.1, 0.15) is 12.4 Å². The molecule has 2 N–H and O–H groups in total. The highest BCUT2D eigenvalue weighted by molar-refractivity contribution is 6.63. The minimum absolute atomic E-state index is 0.130. The Hall–Kier alpha value is -0.745. The monoisotopic (exact) mass is 284 g/mol. The van der Waals surface area contributed by atoms with E-state index in [0.717, 1.165) is 12.0 Å². The topological polar surface area (TPSA) is 58.9 Å². The summed E-state index contributed by atoms with van der Waals surface area (Å²) in [6.45, 7) is 5.41. The van der Waals surface area contributed by atoms with Crippen molar-refractivity contribution in [1.29, 1.82) is 0 Å². The highest BCUT2D eigenvalue weighted by atomic mass is 35.5. The van der Waals surface area contributed by atoms with Crippen LogP contribution in [0.25, 0.3) is 0 Å². The number of benzene rings is 1. The molecule has 19 heavy (non-hydrogen) atoms. The van der Waals surface area contributed by atoms with E-state index >= 15 is 0 Å². The Balaban J connectivity index is 2.35. The van der Waals surface area contributed by atoms with Crippen LogP contribution in [0.15, 0.2) is 12.1 Å². The fourth-order valence-electron chi connectivity index (χ4n) is 2.14. The van der Waals surface area contributed by atoms with E-state index in [1.54, 1.807) is 26.0 Å². The SMILES string of the molecule is CCC1OB(O)c2c(OCC(C)(C)O)ccc(Cl)c21. The zero-order valence-electron chi connectivity index (χ0n) is 11.3. The molecule has 1 atom stereocenters. The molecule has 1 aliphatic rings. The Kier molecular flexibility index (Phi) is 4.11. The highest BCUT2D eigenvalue weighted by Crippen LogP contribution is 2.35. The molecule has 0 amide bonds. The molecule has 0 saturated heterocycles. The molecule has 1 aromatic carbocycles. The summed E-state index contributed by atoms with van der Waals surface area (Å²) in [6, 6.07) is 3.42. The van der Waals surface area contributed by atoms with Crippen LogP contribution in [0.3, 0.4) is 0 Å². The maximum Gasteiger partial charge on any atom is 0.495 e. The van der Waals surface area contributed by atoms with Gasteiger partial charge in [-0.3, -0.25) is 0 Å². The van der Waals surface area contributed by atoms with E-state index in [4.69, 9.17) is 21.0 Å². The summed E-state index contributed by atoms with van der Waals surface area (Å²) >= 11 is 6.17. The molecular weight excluding hydrogens is 266 g/mol. The van der Waals surface area contributed by atoms with E-state index in [2.05, 4.69) is 0 Å². The first-order chi connectivity index (χ1) is 8.83. The third-order valence-corrected chi connectivity index (χ3v) is 3.34. The Morgan fingerprint density at radius 1 is 1.47 bits per heavy atom. The van der Waals surface area contributed by atoms with E-state index in [1.807, 2.05) is 6.92 Å². The van der Waals surface area contributed by atoms with Gasteiger partial charge in [-0.1, -0.05) is 18.5 Å². The second kappa shape index (κ2) is 5.33. The first-order valence-corrected chi connectivity index (χ1v) is 6.72. The first kappa shape index (κ1) is 14.7. The van der Waals surface area contributed by atoms with Crippen LogP contribution in [0.2, 0.25) is 5.02 Å². The van der Waals surface area contributed by atoms with Gasteiger partial charge in [0.15, 0.2) is 0 Å². The van der Waals surface area contributed by atoms with E-state index in [-0.39, 0.29) is 12.7 Å². The molecule has 0 spiro atoms. The fraction of sp³-hybridized carbons (Fsp3) is 0.538. The summed E-state index contributed by atoms with van der Waals surface area (Å²) in [6.07, 6.45) is 0.502. The van der Waals surface area contributed by atoms with Crippen molar-refractivity contribution < 1.29 is 19.5 Å². The van der Waals surface area contributed by atoms with Crippen LogP contribution in [0.5, 0.6) is 5.75 Å². The normalized spacial score (nSPS) is 18.6. The Morgan fingerprint density at radius 3 is 2.74 bits per heavy atom. The summed E-state index contributed by atoms with van der Waals surface area (Å²) in [7, 11) is -1.03. The molecule has 0 aliphatic carbocycles. The second-order valence-electron chi connectivity index (χ2n) is 5.36. The van der Waals surface area contributed by atoms with Crippen molar-refractivity contribution in [1.82, 2.24) is 0 Å². The molecule has 6 heteroatoms. The number of hydrogen-bond donors (Lipinski definition) is 2. The van der Waals surface area contributed by atoms with Crippen LogP contribution in [-0.2, 0) is 4.65 Å². The molecule has 0 bridgehead atoms. The van der Waals surface area contributed by atoms with E-state index < -0.39 is 12.7 Å². The molecule has 1 aliphatic heterocycles. The van der Waals surface area contributed by atoms with Crippen LogP contribution < -0.4 is 10.2 Å². The van der Waals surface area contributed by atoms with Gasteiger partial charge in [0.2, 0.25) is 0 Å². The summed E-state index contributed by atoms with van der Waals surface area (Å²) in [5, 5.41) is 20.3. The zero-order valence-corrected chi connectivity index (χ0v) is 12.1. The number of halogens is 1. The van der Waals surface area contributed by atoms with Crippen LogP contribution in [0.4, 0.5) is 0 Å². The molecule has 1 unspecified atom stereocenters. The van der Waals surface area contributed by atoms with Crippen molar-refractivity contribution in [2.24, 2.45) is 0 Å². The lowest BCUT2D eigenvalue weighted by atomic mass is 9.78. The minimum Gasteiger partial charge on any atom is -0.491 e. The van der Waals surface area contributed by atoms with Crippen LogP contribution in [-0.4, -0.2) is 29.5 Å². The molecule has 104 valence electrons. The maximum atomic E-state index is 9.99. The Morgan fingerprint density at radius 2 is 2.16 bits per heavy atom. The summed E-state index contributed by atoms with van der Waals surface area (Å²) < 4.78 is 11.0. The van der Waals surface area contributed by atoms with Crippen molar-refractivity contribution in [3.8, 4) is 5.75 Å². The zero-order chi connectivity index (χ0) is 14.2. The second-order valence-corrected chi connectivity index (χ2v) is 5.77. The third kappa shape index (κ3) is 3.05. The maximum absolute atomic E-state index is 9.99. The van der Waals surface area contributed by atoms with Crippen LogP contribution in [0.1, 0.15) is 38.9 Å². The quantitative estimate of drug-likeness (QED) is 0.826. The van der Waals surface area contributed by atoms with Gasteiger partial charge >= 0.3 is 7.12 Å². The average Bonchev–Trinajstić information content (AvgIpc) is 2.66. The van der Waals surface area contributed by atoms with Gasteiger partial charge in [-0.15, -0.1) is 0 Å². The highest BCUT2D eigenvalue weighted by Gasteiger charge is 2.39. The summed E-state index contributed by atoms with van der Waals surface area (Å²) in [5.41, 5.74) is 0.412. The summed E-state index contributed by atoms with van der Waals surface area (Å²) in [5.74, 6) is 0.505. The number of rotatable bonds is 4. The van der Waals surface area contributed by atoms with Crippen molar-refractivity contribution in [3.63, 3.8) is 0 Å². The van der Waals surface area contributed by atoms with Crippen molar-refractivity contribution in [2.75, 3.05) is 6.61 Å². The van der Waals surface area contributed by atoms with Gasteiger partial charge in [-0.2, -0.15) is 0 Å². The lowest BCUT2D eigenvalue weighted by Gasteiger charge is -2.19. The molecule has 0 fully saturated rings. The molecule has 1 heterocycles. The van der Waals surface area contributed by atoms with E-state index in [1.165, 1.54) is 0 Å². The number of ether oxygens (including phenoxy) is 1. The standard InChI is InChI=1S/C13H18BClO4/c1-4-9-11-8(15)5-6-10(12(11)14(17)19-9)18-7-13(2,3)16/h5-6,9,16-17H,4,7H2,1-3H3. The lowest BCUT2D eigenvalue weighted by Crippen LogP contribution is -2.33. The molecule has 1 aromatic rings. The van der Waals surface area contributed by atoms with E-state index in [0.29, 0.717) is 16.2 Å². The summed E-state index contributed by atoms with van der Waals surface area (Å²) in [4.78, 5) is 0. The smallest absolute Gasteiger partial charge is 0.491 e. The molecule has 0 saturated carbocycles. The predicted molar refractivity (Wildman–Crippen MR) is 75.0 cm³/mol. The minimum atomic E-state index is -1.03. The lowest BCUT2D eigenvalue weighted by molar-refractivity contribution is 0.0288. The van der Waals surface area contributed by atoms with Gasteiger partial charge < -0.3 is 19.5 Å². The van der Waals surface area contributed by atoms with Gasteiger partial charge in [0, 0.05) is 16.0 Å². The van der Waals surface area contributed by atoms with Crippen molar-refractivity contribution >= 4 is 24.2 Å². The molecule has 0 radical (unpaired) electrons. The van der Waals surface area contributed by atoms with Crippen molar-refractivity contribution in [2.45, 2.75) is 38.9 Å². The van der Waals surface area contributed by atoms with E-state index in [9.17, 15) is 10.1 Å². The third-order valence-electron chi connectivity index (χ3n) is 3.01. The molecular formula is C13H18BClO4. The van der Waals surface area contributed by atoms with Gasteiger partial charge in [0.05, 0.1) is 11.7 Å². The largest absolute Gasteiger partial charge is 0.495 e. The Bertz CT molecular complexity index is 472. The first-order valence-electron chi connectivity index (χ1n) is 6.34. The average molecular weight is 285 g/mol. The number of aliphatic hydroxyl groups is 1.